The molecule has 1 aromatic heterocycles. The van der Waals surface area contributed by atoms with Crippen molar-refractivity contribution in [1.82, 2.24) is 15.0 Å². The number of aryl methyl sites for hydroxylation is 2. The predicted octanol–water partition coefficient (Wildman–Crippen LogP) is 0.650. The van der Waals surface area contributed by atoms with Crippen LogP contribution in [0.3, 0.4) is 0 Å². The molecule has 0 fully saturated rings. The Bertz CT molecular complexity index is 402. The molecule has 0 saturated heterocycles. The van der Waals surface area contributed by atoms with Crippen molar-refractivity contribution in [3.63, 3.8) is 0 Å². The zero-order chi connectivity index (χ0) is 11.3. The van der Waals surface area contributed by atoms with Gasteiger partial charge in [-0.1, -0.05) is 28.1 Å². The summed E-state index contributed by atoms with van der Waals surface area (Å²) in [5.74, 6) is 0.302. The van der Waals surface area contributed by atoms with Gasteiger partial charge in [0.1, 0.15) is 0 Å². The Balaban J connectivity index is 2.51. The highest BCUT2D eigenvalue weighted by molar-refractivity contribution is 9.09. The lowest BCUT2D eigenvalue weighted by Gasteiger charge is -2.00. The fourth-order valence-electron chi connectivity index (χ4n) is 1.04. The molecule has 0 radical (unpaired) electrons. The van der Waals surface area contributed by atoms with Gasteiger partial charge >= 0.3 is 0 Å². The molecule has 1 heterocycles. The third-order valence-electron chi connectivity index (χ3n) is 2.01. The summed E-state index contributed by atoms with van der Waals surface area (Å²) < 4.78 is 24.0. The average Bonchev–Trinajstić information content (AvgIpc) is 2.64. The molecule has 15 heavy (non-hydrogen) atoms. The highest BCUT2D eigenvalue weighted by atomic mass is 79.9. The van der Waals surface area contributed by atoms with Crippen LogP contribution in [0.15, 0.2) is 6.20 Å². The van der Waals surface area contributed by atoms with Gasteiger partial charge in [-0.05, 0) is 0 Å². The molecule has 1 aromatic rings. The quantitative estimate of drug-likeness (QED) is 0.723. The zero-order valence-electron chi connectivity index (χ0n) is 8.56. The number of aromatic nitrogens is 3. The Morgan fingerprint density at radius 3 is 2.87 bits per heavy atom. The van der Waals surface area contributed by atoms with Crippen molar-refractivity contribution in [1.29, 1.82) is 0 Å². The van der Waals surface area contributed by atoms with Gasteiger partial charge in [-0.15, -0.1) is 5.10 Å². The SMILES string of the molecule is CCS(=O)(=O)CCn1cc(CCBr)nn1. The number of nitrogens with zero attached hydrogens (tertiary/aromatic N) is 3. The lowest BCUT2D eigenvalue weighted by molar-refractivity contribution is 0.576. The lowest BCUT2D eigenvalue weighted by Crippen LogP contribution is -2.14. The number of halogens is 1. The molecule has 86 valence electrons. The summed E-state index contributed by atoms with van der Waals surface area (Å²) in [6, 6.07) is 0. The van der Waals surface area contributed by atoms with E-state index in [-0.39, 0.29) is 11.5 Å². The molecule has 5 nitrogen and oxygen atoms in total. The molecule has 0 saturated carbocycles. The van der Waals surface area contributed by atoms with Gasteiger partial charge in [0, 0.05) is 23.7 Å². The van der Waals surface area contributed by atoms with Gasteiger partial charge in [-0.25, -0.2) is 8.42 Å². The van der Waals surface area contributed by atoms with Crippen LogP contribution < -0.4 is 0 Å². The molecule has 0 aliphatic heterocycles. The van der Waals surface area contributed by atoms with Crippen molar-refractivity contribution in [2.45, 2.75) is 19.9 Å². The summed E-state index contributed by atoms with van der Waals surface area (Å²) in [6.45, 7) is 2.03. The van der Waals surface area contributed by atoms with E-state index in [1.165, 1.54) is 0 Å². The van der Waals surface area contributed by atoms with Crippen LogP contribution in [0.2, 0.25) is 0 Å². The monoisotopic (exact) mass is 295 g/mol. The Hall–Kier alpha value is -0.430. The maximum atomic E-state index is 11.2. The minimum Gasteiger partial charge on any atom is -0.251 e. The Kier molecular flexibility index (Phi) is 4.72. The number of hydrogen-bond donors (Lipinski definition) is 0. The van der Waals surface area contributed by atoms with E-state index in [1.807, 2.05) is 0 Å². The van der Waals surface area contributed by atoms with Crippen LogP contribution in [0.1, 0.15) is 12.6 Å². The van der Waals surface area contributed by atoms with E-state index in [0.29, 0.717) is 6.54 Å². The molecule has 1 rings (SSSR count). The van der Waals surface area contributed by atoms with E-state index in [0.717, 1.165) is 17.4 Å². The number of hydrogen-bond acceptors (Lipinski definition) is 4. The Labute approximate surface area is 97.9 Å². The highest BCUT2D eigenvalue weighted by Gasteiger charge is 2.08. The largest absolute Gasteiger partial charge is 0.251 e. The van der Waals surface area contributed by atoms with Crippen LogP contribution in [0.25, 0.3) is 0 Å². The zero-order valence-corrected chi connectivity index (χ0v) is 11.0. The van der Waals surface area contributed by atoms with Gasteiger partial charge in [-0.3, -0.25) is 4.68 Å². The molecule has 0 unspecified atom stereocenters. The second-order valence-electron chi connectivity index (χ2n) is 3.15. The smallest absolute Gasteiger partial charge is 0.151 e. The fourth-order valence-corrected chi connectivity index (χ4v) is 2.20. The molecular formula is C8H14BrN3O2S. The van der Waals surface area contributed by atoms with E-state index < -0.39 is 9.84 Å². The molecule has 0 atom stereocenters. The molecule has 0 amide bonds. The Morgan fingerprint density at radius 2 is 2.27 bits per heavy atom. The topological polar surface area (TPSA) is 64.8 Å². The van der Waals surface area contributed by atoms with E-state index in [4.69, 9.17) is 0 Å². The summed E-state index contributed by atoms with van der Waals surface area (Å²) in [4.78, 5) is 0. The van der Waals surface area contributed by atoms with Crippen LogP contribution in [0.4, 0.5) is 0 Å². The summed E-state index contributed by atoms with van der Waals surface area (Å²) in [5, 5.41) is 8.61. The van der Waals surface area contributed by atoms with Crippen molar-refractivity contribution in [3.05, 3.63) is 11.9 Å². The first-order valence-corrected chi connectivity index (χ1v) is 7.67. The van der Waals surface area contributed by atoms with Gasteiger partial charge < -0.3 is 0 Å². The molecule has 0 aliphatic carbocycles. The van der Waals surface area contributed by atoms with Gasteiger partial charge in [0.05, 0.1) is 18.0 Å². The second-order valence-corrected chi connectivity index (χ2v) is 6.41. The normalized spacial score (nSPS) is 11.9. The third-order valence-corrected chi connectivity index (χ3v) is 4.09. The van der Waals surface area contributed by atoms with Crippen molar-refractivity contribution in [2.75, 3.05) is 16.8 Å². The molecule has 0 N–H and O–H groups in total. The molecule has 7 heteroatoms. The first-order valence-electron chi connectivity index (χ1n) is 4.73. The van der Waals surface area contributed by atoms with Gasteiger partial charge in [0.2, 0.25) is 0 Å². The lowest BCUT2D eigenvalue weighted by atomic mass is 10.4. The van der Waals surface area contributed by atoms with Crippen molar-refractivity contribution >= 4 is 25.8 Å². The van der Waals surface area contributed by atoms with Gasteiger partial charge in [0.25, 0.3) is 0 Å². The number of rotatable bonds is 6. The summed E-state index contributed by atoms with van der Waals surface area (Å²) in [7, 11) is -2.92. The number of sulfone groups is 1. The fraction of sp³-hybridized carbons (Fsp3) is 0.750. The van der Waals surface area contributed by atoms with E-state index >= 15 is 0 Å². The van der Waals surface area contributed by atoms with Crippen LogP contribution in [-0.2, 0) is 22.8 Å². The summed E-state index contributed by atoms with van der Waals surface area (Å²) in [5.41, 5.74) is 0.876. The second kappa shape index (κ2) is 5.60. The van der Waals surface area contributed by atoms with Crippen molar-refractivity contribution in [3.8, 4) is 0 Å². The molecular weight excluding hydrogens is 282 g/mol. The Morgan fingerprint density at radius 1 is 1.53 bits per heavy atom. The average molecular weight is 296 g/mol. The molecule has 0 bridgehead atoms. The van der Waals surface area contributed by atoms with Crippen LogP contribution in [-0.4, -0.2) is 40.2 Å². The van der Waals surface area contributed by atoms with E-state index in [9.17, 15) is 8.42 Å². The maximum Gasteiger partial charge on any atom is 0.151 e. The standard InChI is InChI=1S/C8H14BrN3O2S/c1-2-15(13,14)6-5-12-7-8(3-4-9)10-11-12/h7H,2-6H2,1H3. The molecule has 0 aromatic carbocycles. The van der Waals surface area contributed by atoms with Crippen molar-refractivity contribution in [2.24, 2.45) is 0 Å². The van der Waals surface area contributed by atoms with Crippen LogP contribution >= 0.6 is 15.9 Å². The first-order chi connectivity index (χ1) is 7.07. The van der Waals surface area contributed by atoms with Crippen molar-refractivity contribution < 1.29 is 8.42 Å². The van der Waals surface area contributed by atoms with Crippen LogP contribution in [0, 0.1) is 0 Å². The maximum absolute atomic E-state index is 11.2. The first kappa shape index (κ1) is 12.6. The minimum absolute atomic E-state index is 0.126. The molecule has 0 aliphatic rings. The van der Waals surface area contributed by atoms with E-state index in [1.54, 1.807) is 17.8 Å². The minimum atomic E-state index is -2.92. The molecule has 0 spiro atoms. The van der Waals surface area contributed by atoms with Gasteiger partial charge in [0.15, 0.2) is 9.84 Å². The van der Waals surface area contributed by atoms with E-state index in [2.05, 4.69) is 26.2 Å². The van der Waals surface area contributed by atoms with Gasteiger partial charge in [-0.2, -0.15) is 0 Å². The third kappa shape index (κ3) is 4.29. The number of alkyl halides is 1. The summed E-state index contributed by atoms with van der Waals surface area (Å²) in [6.07, 6.45) is 2.59. The van der Waals surface area contributed by atoms with Crippen LogP contribution in [0.5, 0.6) is 0 Å². The highest BCUT2D eigenvalue weighted by Crippen LogP contribution is 1.98. The predicted molar refractivity (Wildman–Crippen MR) is 61.8 cm³/mol. The summed E-state index contributed by atoms with van der Waals surface area (Å²) >= 11 is 3.30.